The fourth-order valence-corrected chi connectivity index (χ4v) is 2.90. The van der Waals surface area contributed by atoms with Gasteiger partial charge in [-0.25, -0.2) is 4.98 Å². The maximum atomic E-state index is 9.08. The number of hydrogen-bond acceptors (Lipinski definition) is 4. The minimum atomic E-state index is -0.0123. The van der Waals surface area contributed by atoms with Gasteiger partial charge in [-0.15, -0.1) is 0 Å². The summed E-state index contributed by atoms with van der Waals surface area (Å²) < 4.78 is 7.45. The highest BCUT2D eigenvalue weighted by molar-refractivity contribution is 7.99. The molecule has 20 heavy (non-hydrogen) atoms. The molecule has 0 aliphatic rings. The van der Waals surface area contributed by atoms with Crippen molar-refractivity contribution < 1.29 is 9.84 Å². The fourth-order valence-electron chi connectivity index (χ4n) is 1.61. The maximum Gasteiger partial charge on any atom is 0.168 e. The second kappa shape index (κ2) is 7.22. The first kappa shape index (κ1) is 15.5. The molecule has 0 saturated carbocycles. The van der Waals surface area contributed by atoms with Gasteiger partial charge in [-0.2, -0.15) is 0 Å². The molecule has 0 aliphatic carbocycles. The smallest absolute Gasteiger partial charge is 0.168 e. The quantitative estimate of drug-likeness (QED) is 0.650. The van der Waals surface area contributed by atoms with Crippen molar-refractivity contribution in [1.29, 1.82) is 0 Å². The third kappa shape index (κ3) is 4.06. The molecule has 108 valence electrons. The largest absolute Gasteiger partial charge is 0.493 e. The van der Waals surface area contributed by atoms with Crippen LogP contribution in [0.2, 0.25) is 10.0 Å². The van der Waals surface area contributed by atoms with Gasteiger partial charge in [0.05, 0.1) is 25.1 Å². The van der Waals surface area contributed by atoms with E-state index in [2.05, 4.69) is 4.98 Å². The number of hydrogen-bond donors (Lipinski definition) is 1. The molecule has 1 N–H and O–H groups in total. The van der Waals surface area contributed by atoms with Crippen molar-refractivity contribution >= 4 is 35.0 Å². The van der Waals surface area contributed by atoms with Gasteiger partial charge in [0.1, 0.15) is 5.75 Å². The van der Waals surface area contributed by atoms with Crippen LogP contribution in [0.4, 0.5) is 0 Å². The van der Waals surface area contributed by atoms with Gasteiger partial charge in [0.2, 0.25) is 0 Å². The first-order chi connectivity index (χ1) is 9.60. The van der Waals surface area contributed by atoms with Crippen LogP contribution in [0.5, 0.6) is 5.75 Å². The Morgan fingerprint density at radius 1 is 1.30 bits per heavy atom. The molecule has 0 fully saturated rings. The number of ether oxygens (including phenoxy) is 1. The summed E-state index contributed by atoms with van der Waals surface area (Å²) in [5.74, 6) is 1.39. The Hall–Kier alpha value is -0.880. The van der Waals surface area contributed by atoms with Crippen molar-refractivity contribution in [2.75, 3.05) is 12.4 Å². The molecular formula is C13H14Cl2N2O2S. The summed E-state index contributed by atoms with van der Waals surface area (Å²) in [5.41, 5.74) is 0.787. The van der Waals surface area contributed by atoms with Crippen molar-refractivity contribution in [2.24, 2.45) is 7.05 Å². The van der Waals surface area contributed by atoms with Gasteiger partial charge < -0.3 is 14.4 Å². The van der Waals surface area contributed by atoms with Crippen LogP contribution in [0.25, 0.3) is 0 Å². The zero-order valence-corrected chi connectivity index (χ0v) is 13.2. The van der Waals surface area contributed by atoms with Crippen molar-refractivity contribution in [1.82, 2.24) is 9.55 Å². The van der Waals surface area contributed by atoms with Crippen LogP contribution < -0.4 is 4.74 Å². The first-order valence-corrected chi connectivity index (χ1v) is 7.67. The number of rotatable bonds is 6. The Morgan fingerprint density at radius 2 is 2.00 bits per heavy atom. The number of halogens is 2. The number of imidazole rings is 1. The fraction of sp³-hybridized carbons (Fsp3) is 0.308. The second-order valence-electron chi connectivity index (χ2n) is 4.05. The van der Waals surface area contributed by atoms with Crippen LogP contribution in [0.1, 0.15) is 5.69 Å². The van der Waals surface area contributed by atoms with E-state index in [0.717, 1.165) is 16.6 Å². The van der Waals surface area contributed by atoms with Crippen molar-refractivity contribution in [3.8, 4) is 5.75 Å². The molecule has 0 radical (unpaired) electrons. The Morgan fingerprint density at radius 3 is 2.60 bits per heavy atom. The lowest BCUT2D eigenvalue weighted by Gasteiger charge is -2.07. The third-order valence-corrected chi connectivity index (χ3v) is 4.07. The van der Waals surface area contributed by atoms with E-state index in [1.807, 2.05) is 11.6 Å². The summed E-state index contributed by atoms with van der Waals surface area (Å²) in [5, 5.41) is 11.0. The minimum absolute atomic E-state index is 0.0123. The van der Waals surface area contributed by atoms with E-state index in [4.69, 9.17) is 33.0 Å². The van der Waals surface area contributed by atoms with Crippen LogP contribution in [-0.4, -0.2) is 27.0 Å². The summed E-state index contributed by atoms with van der Waals surface area (Å²) in [6.45, 7) is 0.504. The molecule has 0 bridgehead atoms. The van der Waals surface area contributed by atoms with Crippen LogP contribution >= 0.6 is 35.0 Å². The molecule has 0 aliphatic heterocycles. The second-order valence-corrected chi connectivity index (χ2v) is 5.99. The van der Waals surface area contributed by atoms with Gasteiger partial charge in [-0.1, -0.05) is 35.0 Å². The summed E-state index contributed by atoms with van der Waals surface area (Å²) in [6.07, 6.45) is 1.67. The maximum absolute atomic E-state index is 9.08. The molecule has 0 unspecified atom stereocenters. The molecule has 4 nitrogen and oxygen atoms in total. The van der Waals surface area contributed by atoms with Gasteiger partial charge in [0.15, 0.2) is 5.16 Å². The lowest BCUT2D eigenvalue weighted by Crippen LogP contribution is -2.02. The van der Waals surface area contributed by atoms with E-state index in [0.29, 0.717) is 22.4 Å². The average Bonchev–Trinajstić information content (AvgIpc) is 2.74. The van der Waals surface area contributed by atoms with Crippen molar-refractivity contribution in [2.45, 2.75) is 11.8 Å². The topological polar surface area (TPSA) is 47.3 Å². The number of aromatic nitrogens is 2. The molecule has 7 heteroatoms. The monoisotopic (exact) mass is 332 g/mol. The Kier molecular flexibility index (Phi) is 5.60. The van der Waals surface area contributed by atoms with Gasteiger partial charge in [-0.05, 0) is 18.2 Å². The zero-order valence-electron chi connectivity index (χ0n) is 10.8. The number of benzene rings is 1. The number of aliphatic hydroxyl groups is 1. The molecule has 0 spiro atoms. The standard InChI is InChI=1S/C13H14Cl2N2O2S/c1-17-11(8-18)7-16-13(17)20-3-2-19-12-5-9(14)4-10(15)6-12/h4-7,18H,2-3,8H2,1H3. The van der Waals surface area contributed by atoms with Gasteiger partial charge in [0.25, 0.3) is 0 Å². The first-order valence-electron chi connectivity index (χ1n) is 5.93. The highest BCUT2D eigenvalue weighted by Gasteiger charge is 2.06. The predicted octanol–water partition coefficient (Wildman–Crippen LogP) is 3.39. The van der Waals surface area contributed by atoms with Crippen LogP contribution in [-0.2, 0) is 13.7 Å². The minimum Gasteiger partial charge on any atom is -0.493 e. The molecule has 0 saturated heterocycles. The van der Waals surface area contributed by atoms with E-state index in [-0.39, 0.29) is 6.61 Å². The SMILES string of the molecule is Cn1c(CO)cnc1SCCOc1cc(Cl)cc(Cl)c1. The highest BCUT2D eigenvalue weighted by Crippen LogP contribution is 2.24. The molecule has 1 aromatic heterocycles. The molecule has 1 heterocycles. The predicted molar refractivity (Wildman–Crippen MR) is 81.8 cm³/mol. The molecule has 0 atom stereocenters. The van der Waals surface area contributed by atoms with E-state index in [9.17, 15) is 0 Å². The van der Waals surface area contributed by atoms with Gasteiger partial charge in [-0.3, -0.25) is 0 Å². The van der Waals surface area contributed by atoms with Crippen LogP contribution in [0.15, 0.2) is 29.6 Å². The van der Waals surface area contributed by atoms with E-state index < -0.39 is 0 Å². The lowest BCUT2D eigenvalue weighted by atomic mass is 10.3. The normalized spacial score (nSPS) is 10.8. The Labute approximate surface area is 131 Å². The van der Waals surface area contributed by atoms with E-state index in [1.54, 1.807) is 36.2 Å². The number of aliphatic hydroxyl groups excluding tert-OH is 1. The molecule has 2 rings (SSSR count). The lowest BCUT2D eigenvalue weighted by molar-refractivity contribution is 0.271. The number of nitrogens with zero attached hydrogens (tertiary/aromatic N) is 2. The van der Waals surface area contributed by atoms with Crippen LogP contribution in [0, 0.1) is 0 Å². The van der Waals surface area contributed by atoms with Gasteiger partial charge in [0, 0.05) is 22.8 Å². The summed E-state index contributed by atoms with van der Waals surface area (Å²) in [7, 11) is 1.87. The average molecular weight is 333 g/mol. The van der Waals surface area contributed by atoms with Crippen molar-refractivity contribution in [3.05, 3.63) is 40.1 Å². The Bertz CT molecular complexity index is 569. The third-order valence-electron chi connectivity index (χ3n) is 2.62. The zero-order chi connectivity index (χ0) is 14.5. The highest BCUT2D eigenvalue weighted by atomic mass is 35.5. The Balaban J connectivity index is 1.82. The molecule has 1 aromatic carbocycles. The summed E-state index contributed by atoms with van der Waals surface area (Å²) >= 11 is 13.3. The van der Waals surface area contributed by atoms with E-state index >= 15 is 0 Å². The molecular weight excluding hydrogens is 319 g/mol. The number of thioether (sulfide) groups is 1. The summed E-state index contributed by atoms with van der Waals surface area (Å²) in [6, 6.07) is 5.11. The van der Waals surface area contributed by atoms with Crippen molar-refractivity contribution in [3.63, 3.8) is 0 Å². The van der Waals surface area contributed by atoms with Gasteiger partial charge >= 0.3 is 0 Å². The van der Waals surface area contributed by atoms with Crippen LogP contribution in [0.3, 0.4) is 0 Å². The summed E-state index contributed by atoms with van der Waals surface area (Å²) in [4.78, 5) is 4.23. The van der Waals surface area contributed by atoms with E-state index in [1.165, 1.54) is 0 Å². The molecule has 0 amide bonds. The molecule has 2 aromatic rings.